The van der Waals surface area contributed by atoms with Crippen LogP contribution in [-0.2, 0) is 0 Å². The Kier molecular flexibility index (Phi) is 5.11. The standard InChI is InChI=1S/C19H24N4O/c1-2-23-10-4-7-16(23)12-22-19(24)15-6-3-5-14(11-15)17-8-9-21-13-18(17)20/h3,5-6,8-9,11,13,16H,2,4,7,10,12,20H2,1H3,(H,22,24)/t16-/m1/s1. The second-order valence-corrected chi connectivity index (χ2v) is 6.18. The fourth-order valence-electron chi connectivity index (χ4n) is 3.35. The highest BCUT2D eigenvalue weighted by molar-refractivity contribution is 5.95. The number of rotatable bonds is 5. The van der Waals surface area contributed by atoms with Crippen LogP contribution >= 0.6 is 0 Å². The number of aromatic nitrogens is 1. The van der Waals surface area contributed by atoms with E-state index in [1.807, 2.05) is 30.3 Å². The lowest BCUT2D eigenvalue weighted by atomic mass is 10.0. The van der Waals surface area contributed by atoms with Crippen LogP contribution in [0, 0.1) is 0 Å². The molecule has 0 spiro atoms. The normalized spacial score (nSPS) is 17.8. The van der Waals surface area contributed by atoms with Gasteiger partial charge < -0.3 is 11.1 Å². The van der Waals surface area contributed by atoms with E-state index in [9.17, 15) is 4.79 Å². The number of nitrogens with zero attached hydrogens (tertiary/aromatic N) is 2. The van der Waals surface area contributed by atoms with Gasteiger partial charge in [-0.2, -0.15) is 0 Å². The van der Waals surface area contributed by atoms with Crippen molar-refractivity contribution in [3.8, 4) is 11.1 Å². The average Bonchev–Trinajstić information content (AvgIpc) is 3.07. The van der Waals surface area contributed by atoms with Crippen LogP contribution in [0.1, 0.15) is 30.1 Å². The van der Waals surface area contributed by atoms with Gasteiger partial charge in [0.15, 0.2) is 0 Å². The van der Waals surface area contributed by atoms with E-state index < -0.39 is 0 Å². The van der Waals surface area contributed by atoms with Gasteiger partial charge in [0, 0.05) is 29.9 Å². The highest BCUT2D eigenvalue weighted by atomic mass is 16.1. The van der Waals surface area contributed by atoms with Crippen molar-refractivity contribution in [2.45, 2.75) is 25.8 Å². The van der Waals surface area contributed by atoms with E-state index in [1.54, 1.807) is 12.4 Å². The molecule has 1 saturated heterocycles. The molecule has 126 valence electrons. The maximum absolute atomic E-state index is 12.5. The third-order valence-electron chi connectivity index (χ3n) is 4.69. The molecule has 0 bridgehead atoms. The number of carbonyl (C=O) groups is 1. The lowest BCUT2D eigenvalue weighted by Crippen LogP contribution is -2.40. The molecule has 2 aromatic rings. The van der Waals surface area contributed by atoms with E-state index >= 15 is 0 Å². The highest BCUT2D eigenvalue weighted by Gasteiger charge is 2.23. The number of pyridine rings is 1. The summed E-state index contributed by atoms with van der Waals surface area (Å²) in [6, 6.07) is 9.88. The lowest BCUT2D eigenvalue weighted by Gasteiger charge is -2.22. The minimum Gasteiger partial charge on any atom is -0.397 e. The first-order chi connectivity index (χ1) is 11.7. The minimum atomic E-state index is -0.0348. The molecule has 2 heterocycles. The van der Waals surface area contributed by atoms with Crippen LogP contribution < -0.4 is 11.1 Å². The maximum atomic E-state index is 12.5. The fraction of sp³-hybridized carbons (Fsp3) is 0.368. The number of nitrogen functional groups attached to an aromatic ring is 1. The molecule has 1 fully saturated rings. The van der Waals surface area contributed by atoms with Crippen molar-refractivity contribution < 1.29 is 4.79 Å². The molecule has 5 heteroatoms. The van der Waals surface area contributed by atoms with Gasteiger partial charge in [-0.15, -0.1) is 0 Å². The van der Waals surface area contributed by atoms with Crippen LogP contribution in [0.4, 0.5) is 5.69 Å². The molecule has 3 rings (SSSR count). The number of anilines is 1. The molecule has 1 atom stereocenters. The zero-order chi connectivity index (χ0) is 16.9. The quantitative estimate of drug-likeness (QED) is 0.886. The van der Waals surface area contributed by atoms with Gasteiger partial charge in [0.2, 0.25) is 0 Å². The zero-order valence-corrected chi connectivity index (χ0v) is 14.0. The predicted molar refractivity (Wildman–Crippen MR) is 96.7 cm³/mol. The van der Waals surface area contributed by atoms with E-state index in [2.05, 4.69) is 22.1 Å². The second-order valence-electron chi connectivity index (χ2n) is 6.18. The average molecular weight is 324 g/mol. The number of hydrogen-bond acceptors (Lipinski definition) is 4. The lowest BCUT2D eigenvalue weighted by molar-refractivity contribution is 0.0941. The third kappa shape index (κ3) is 3.57. The molecule has 3 N–H and O–H groups in total. The second kappa shape index (κ2) is 7.45. The minimum absolute atomic E-state index is 0.0348. The van der Waals surface area contributed by atoms with E-state index in [0.717, 1.165) is 30.6 Å². The number of amides is 1. The van der Waals surface area contributed by atoms with Crippen molar-refractivity contribution >= 4 is 11.6 Å². The Morgan fingerprint density at radius 2 is 2.29 bits per heavy atom. The molecule has 24 heavy (non-hydrogen) atoms. The third-order valence-corrected chi connectivity index (χ3v) is 4.69. The van der Waals surface area contributed by atoms with Gasteiger partial charge in [0.05, 0.1) is 11.9 Å². The summed E-state index contributed by atoms with van der Waals surface area (Å²) in [5.74, 6) is -0.0348. The number of likely N-dealkylation sites (tertiary alicyclic amines) is 1. The number of nitrogens with two attached hydrogens (primary N) is 1. The molecule has 1 aromatic carbocycles. The Morgan fingerprint density at radius 3 is 3.08 bits per heavy atom. The van der Waals surface area contributed by atoms with Crippen molar-refractivity contribution in [3.05, 3.63) is 48.3 Å². The van der Waals surface area contributed by atoms with Gasteiger partial charge in [-0.25, -0.2) is 0 Å². The van der Waals surface area contributed by atoms with Crippen LogP contribution in [0.15, 0.2) is 42.7 Å². The van der Waals surface area contributed by atoms with E-state index in [4.69, 9.17) is 5.73 Å². The first-order valence-corrected chi connectivity index (χ1v) is 8.51. The predicted octanol–water partition coefficient (Wildman–Crippen LogP) is 2.54. The molecule has 1 aliphatic heterocycles. The Labute approximate surface area is 142 Å². The zero-order valence-electron chi connectivity index (χ0n) is 14.0. The van der Waals surface area contributed by atoms with Crippen LogP contribution in [0.5, 0.6) is 0 Å². The summed E-state index contributed by atoms with van der Waals surface area (Å²) >= 11 is 0. The van der Waals surface area contributed by atoms with E-state index in [1.165, 1.54) is 6.42 Å². The molecular formula is C19H24N4O. The van der Waals surface area contributed by atoms with Crippen molar-refractivity contribution in [3.63, 3.8) is 0 Å². The Hall–Kier alpha value is -2.40. The number of carbonyl (C=O) groups excluding carboxylic acids is 1. The monoisotopic (exact) mass is 324 g/mol. The molecule has 0 radical (unpaired) electrons. The first-order valence-electron chi connectivity index (χ1n) is 8.51. The Morgan fingerprint density at radius 1 is 1.42 bits per heavy atom. The number of benzene rings is 1. The molecule has 0 saturated carbocycles. The summed E-state index contributed by atoms with van der Waals surface area (Å²) in [5.41, 5.74) is 9.08. The van der Waals surface area contributed by atoms with Gasteiger partial charge in [0.25, 0.3) is 5.91 Å². The summed E-state index contributed by atoms with van der Waals surface area (Å²) < 4.78 is 0. The van der Waals surface area contributed by atoms with Gasteiger partial charge in [-0.3, -0.25) is 14.7 Å². The maximum Gasteiger partial charge on any atom is 0.251 e. The van der Waals surface area contributed by atoms with Gasteiger partial charge in [0.1, 0.15) is 0 Å². The number of hydrogen-bond donors (Lipinski definition) is 2. The highest BCUT2D eigenvalue weighted by Crippen LogP contribution is 2.25. The molecule has 1 amide bonds. The number of nitrogens with one attached hydrogen (secondary N) is 1. The molecule has 0 unspecified atom stereocenters. The SMILES string of the molecule is CCN1CCC[C@@H]1CNC(=O)c1cccc(-c2ccncc2N)c1. The topological polar surface area (TPSA) is 71.2 Å². The largest absolute Gasteiger partial charge is 0.397 e. The van der Waals surface area contributed by atoms with E-state index in [0.29, 0.717) is 23.8 Å². The number of likely N-dealkylation sites (N-methyl/N-ethyl adjacent to an activating group) is 1. The smallest absolute Gasteiger partial charge is 0.251 e. The van der Waals surface area contributed by atoms with Gasteiger partial charge in [-0.1, -0.05) is 19.1 Å². The fourth-order valence-corrected chi connectivity index (χ4v) is 3.35. The van der Waals surface area contributed by atoms with Crippen molar-refractivity contribution in [1.29, 1.82) is 0 Å². The van der Waals surface area contributed by atoms with Crippen LogP contribution in [0.2, 0.25) is 0 Å². The summed E-state index contributed by atoms with van der Waals surface area (Å²) in [7, 11) is 0. The van der Waals surface area contributed by atoms with Crippen LogP contribution in [0.3, 0.4) is 0 Å². The van der Waals surface area contributed by atoms with Crippen molar-refractivity contribution in [1.82, 2.24) is 15.2 Å². The molecule has 1 aliphatic rings. The summed E-state index contributed by atoms with van der Waals surface area (Å²) in [6.45, 7) is 5.04. The van der Waals surface area contributed by atoms with Crippen LogP contribution in [0.25, 0.3) is 11.1 Å². The van der Waals surface area contributed by atoms with Gasteiger partial charge >= 0.3 is 0 Å². The van der Waals surface area contributed by atoms with Gasteiger partial charge in [-0.05, 0) is 49.7 Å². The first kappa shape index (κ1) is 16.5. The molecule has 5 nitrogen and oxygen atoms in total. The van der Waals surface area contributed by atoms with Crippen molar-refractivity contribution in [2.75, 3.05) is 25.4 Å². The molecule has 0 aliphatic carbocycles. The summed E-state index contributed by atoms with van der Waals surface area (Å²) in [6.07, 6.45) is 5.70. The Bertz CT molecular complexity index is 716. The Balaban J connectivity index is 1.70. The van der Waals surface area contributed by atoms with E-state index in [-0.39, 0.29) is 5.91 Å². The van der Waals surface area contributed by atoms with Crippen molar-refractivity contribution in [2.24, 2.45) is 0 Å². The van der Waals surface area contributed by atoms with Crippen LogP contribution in [-0.4, -0.2) is 41.5 Å². The molecule has 1 aromatic heterocycles. The molecular weight excluding hydrogens is 300 g/mol. The summed E-state index contributed by atoms with van der Waals surface area (Å²) in [5, 5.41) is 3.07. The summed E-state index contributed by atoms with van der Waals surface area (Å²) in [4.78, 5) is 18.9.